The summed E-state index contributed by atoms with van der Waals surface area (Å²) in [6.45, 7) is 6.47. The second-order valence-corrected chi connectivity index (χ2v) is 7.30. The predicted octanol–water partition coefficient (Wildman–Crippen LogP) is 5.46. The number of piperidine rings is 1. The Bertz CT molecular complexity index is 513. The molecule has 1 aliphatic rings. The number of carbonyl (C=O) groups excluding carboxylic acids is 1. The molecule has 27 heavy (non-hydrogen) atoms. The average Bonchev–Trinajstić information content (AvgIpc) is 2.69. The second-order valence-electron chi connectivity index (χ2n) is 7.30. The first-order valence-corrected chi connectivity index (χ1v) is 10.7. The molecule has 1 fully saturated rings. The third-order valence-electron chi connectivity index (χ3n) is 4.96. The van der Waals surface area contributed by atoms with Crippen LogP contribution in [0.25, 0.3) is 0 Å². The standard InChI is InChI=1S/C22H36N2O3/c1-2-3-4-5-6-10-18-26-21-13-11-20(12-14-21)23-22(25)27-19-17-24-15-8-7-9-16-24/h11-14H,2-10,15-19H2,1H3,(H,23,25). The van der Waals surface area contributed by atoms with E-state index >= 15 is 0 Å². The lowest BCUT2D eigenvalue weighted by molar-refractivity contribution is 0.131. The number of amides is 1. The van der Waals surface area contributed by atoms with Crippen LogP contribution in [-0.4, -0.2) is 43.8 Å². The van der Waals surface area contributed by atoms with Crippen LogP contribution in [0.5, 0.6) is 5.75 Å². The van der Waals surface area contributed by atoms with Gasteiger partial charge in [0.15, 0.2) is 0 Å². The highest BCUT2D eigenvalue weighted by molar-refractivity contribution is 5.84. The third-order valence-corrected chi connectivity index (χ3v) is 4.96. The van der Waals surface area contributed by atoms with Gasteiger partial charge in [-0.1, -0.05) is 45.4 Å². The molecule has 1 aliphatic heterocycles. The van der Waals surface area contributed by atoms with Gasteiger partial charge in [0.2, 0.25) is 0 Å². The molecule has 0 atom stereocenters. The molecule has 1 aromatic rings. The highest BCUT2D eigenvalue weighted by Crippen LogP contribution is 2.16. The van der Waals surface area contributed by atoms with E-state index in [0.29, 0.717) is 6.61 Å². The van der Waals surface area contributed by atoms with Crippen LogP contribution in [0.3, 0.4) is 0 Å². The first-order valence-electron chi connectivity index (χ1n) is 10.7. The molecular formula is C22H36N2O3. The average molecular weight is 377 g/mol. The largest absolute Gasteiger partial charge is 0.494 e. The number of hydrogen-bond donors (Lipinski definition) is 1. The molecule has 5 nitrogen and oxygen atoms in total. The number of nitrogens with one attached hydrogen (secondary N) is 1. The van der Waals surface area contributed by atoms with E-state index in [2.05, 4.69) is 17.1 Å². The molecule has 0 aliphatic carbocycles. The Morgan fingerprint density at radius 1 is 0.963 bits per heavy atom. The van der Waals surface area contributed by atoms with Crippen molar-refractivity contribution >= 4 is 11.8 Å². The quantitative estimate of drug-likeness (QED) is 0.492. The van der Waals surface area contributed by atoms with Crippen molar-refractivity contribution < 1.29 is 14.3 Å². The van der Waals surface area contributed by atoms with Crippen molar-refractivity contribution in [2.24, 2.45) is 0 Å². The summed E-state index contributed by atoms with van der Waals surface area (Å²) >= 11 is 0. The molecule has 1 amide bonds. The molecule has 1 aromatic carbocycles. The highest BCUT2D eigenvalue weighted by Gasteiger charge is 2.10. The number of hydrogen-bond acceptors (Lipinski definition) is 4. The van der Waals surface area contributed by atoms with Crippen molar-refractivity contribution in [3.8, 4) is 5.75 Å². The summed E-state index contributed by atoms with van der Waals surface area (Å²) in [7, 11) is 0. The molecule has 1 saturated heterocycles. The minimum Gasteiger partial charge on any atom is -0.494 e. The minimum absolute atomic E-state index is 0.396. The Morgan fingerprint density at radius 3 is 2.41 bits per heavy atom. The molecule has 0 aromatic heterocycles. The minimum atomic E-state index is -0.396. The van der Waals surface area contributed by atoms with Gasteiger partial charge in [-0.25, -0.2) is 4.79 Å². The van der Waals surface area contributed by atoms with Crippen LogP contribution in [0.1, 0.15) is 64.7 Å². The molecule has 152 valence electrons. The maximum Gasteiger partial charge on any atom is 0.411 e. The molecule has 0 unspecified atom stereocenters. The summed E-state index contributed by atoms with van der Waals surface area (Å²) in [6, 6.07) is 7.48. The summed E-state index contributed by atoms with van der Waals surface area (Å²) in [5, 5.41) is 2.77. The number of ether oxygens (including phenoxy) is 2. The summed E-state index contributed by atoms with van der Waals surface area (Å²) in [4.78, 5) is 14.2. The fourth-order valence-corrected chi connectivity index (χ4v) is 3.31. The molecule has 1 heterocycles. The Hall–Kier alpha value is -1.75. The van der Waals surface area contributed by atoms with E-state index in [9.17, 15) is 4.79 Å². The summed E-state index contributed by atoms with van der Waals surface area (Å²) in [6.07, 6.45) is 11.0. The Morgan fingerprint density at radius 2 is 1.67 bits per heavy atom. The number of carbonyl (C=O) groups is 1. The maximum atomic E-state index is 11.9. The monoisotopic (exact) mass is 376 g/mol. The third kappa shape index (κ3) is 9.66. The van der Waals surface area contributed by atoms with Crippen molar-refractivity contribution in [2.75, 3.05) is 38.2 Å². The van der Waals surface area contributed by atoms with Crippen molar-refractivity contribution in [2.45, 2.75) is 64.7 Å². The molecule has 0 radical (unpaired) electrons. The van der Waals surface area contributed by atoms with Crippen LogP contribution >= 0.6 is 0 Å². The first kappa shape index (κ1) is 21.5. The van der Waals surface area contributed by atoms with Gasteiger partial charge in [0, 0.05) is 12.2 Å². The Labute approximate surface area is 164 Å². The van der Waals surface area contributed by atoms with Gasteiger partial charge in [0.1, 0.15) is 12.4 Å². The zero-order chi connectivity index (χ0) is 19.2. The van der Waals surface area contributed by atoms with Crippen molar-refractivity contribution in [3.05, 3.63) is 24.3 Å². The second kappa shape index (κ2) is 13.4. The summed E-state index contributed by atoms with van der Waals surface area (Å²) in [5.74, 6) is 0.840. The van der Waals surface area contributed by atoms with Crippen LogP contribution in [-0.2, 0) is 4.74 Å². The van der Waals surface area contributed by atoms with E-state index in [1.807, 2.05) is 24.3 Å². The van der Waals surface area contributed by atoms with Gasteiger partial charge < -0.3 is 9.47 Å². The maximum absolute atomic E-state index is 11.9. The van der Waals surface area contributed by atoms with Gasteiger partial charge in [-0.05, 0) is 56.6 Å². The molecule has 0 saturated carbocycles. The molecule has 2 rings (SSSR count). The SMILES string of the molecule is CCCCCCCCOc1ccc(NC(=O)OCCN2CCCCC2)cc1. The topological polar surface area (TPSA) is 50.8 Å². The van der Waals surface area contributed by atoms with E-state index in [0.717, 1.165) is 44.1 Å². The molecule has 0 spiro atoms. The Kier molecular flexibility index (Phi) is 10.7. The van der Waals surface area contributed by atoms with Crippen LogP contribution in [0, 0.1) is 0 Å². The number of benzene rings is 1. The van der Waals surface area contributed by atoms with Crippen molar-refractivity contribution in [1.82, 2.24) is 4.90 Å². The van der Waals surface area contributed by atoms with Gasteiger partial charge in [0.05, 0.1) is 6.61 Å². The zero-order valence-corrected chi connectivity index (χ0v) is 16.9. The van der Waals surface area contributed by atoms with Crippen LogP contribution in [0.4, 0.5) is 10.5 Å². The van der Waals surface area contributed by atoms with Gasteiger partial charge in [0.25, 0.3) is 0 Å². The van der Waals surface area contributed by atoms with E-state index in [4.69, 9.17) is 9.47 Å². The molecule has 1 N–H and O–H groups in total. The zero-order valence-electron chi connectivity index (χ0n) is 16.9. The van der Waals surface area contributed by atoms with Gasteiger partial charge >= 0.3 is 6.09 Å². The van der Waals surface area contributed by atoms with Crippen LogP contribution < -0.4 is 10.1 Å². The van der Waals surface area contributed by atoms with E-state index in [1.54, 1.807) is 0 Å². The Balaban J connectivity index is 1.55. The predicted molar refractivity (Wildman–Crippen MR) is 111 cm³/mol. The lowest BCUT2D eigenvalue weighted by Gasteiger charge is -2.25. The van der Waals surface area contributed by atoms with Crippen LogP contribution in [0.2, 0.25) is 0 Å². The van der Waals surface area contributed by atoms with E-state index in [-0.39, 0.29) is 0 Å². The first-order chi connectivity index (χ1) is 13.3. The normalized spacial score (nSPS) is 14.7. The van der Waals surface area contributed by atoms with Crippen molar-refractivity contribution in [1.29, 1.82) is 0 Å². The number of likely N-dealkylation sites (tertiary alicyclic amines) is 1. The van der Waals surface area contributed by atoms with E-state index in [1.165, 1.54) is 51.4 Å². The van der Waals surface area contributed by atoms with Gasteiger partial charge in [-0.3, -0.25) is 10.2 Å². The number of nitrogens with zero attached hydrogens (tertiary/aromatic N) is 1. The van der Waals surface area contributed by atoms with Gasteiger partial charge in [-0.15, -0.1) is 0 Å². The van der Waals surface area contributed by atoms with Crippen LogP contribution in [0.15, 0.2) is 24.3 Å². The molecular weight excluding hydrogens is 340 g/mol. The van der Waals surface area contributed by atoms with Gasteiger partial charge in [-0.2, -0.15) is 0 Å². The summed E-state index contributed by atoms with van der Waals surface area (Å²) < 4.78 is 11.0. The number of rotatable bonds is 12. The smallest absolute Gasteiger partial charge is 0.411 e. The molecule has 5 heteroatoms. The fraction of sp³-hybridized carbons (Fsp3) is 0.682. The molecule has 0 bridgehead atoms. The van der Waals surface area contributed by atoms with Crippen molar-refractivity contribution in [3.63, 3.8) is 0 Å². The van der Waals surface area contributed by atoms with E-state index < -0.39 is 6.09 Å². The fourth-order valence-electron chi connectivity index (χ4n) is 3.31. The highest BCUT2D eigenvalue weighted by atomic mass is 16.5. The lowest BCUT2D eigenvalue weighted by atomic mass is 10.1. The number of anilines is 1. The lowest BCUT2D eigenvalue weighted by Crippen LogP contribution is -2.33. The number of unbranched alkanes of at least 4 members (excludes halogenated alkanes) is 5. The summed E-state index contributed by atoms with van der Waals surface area (Å²) in [5.41, 5.74) is 0.727.